The third kappa shape index (κ3) is 4.52. The summed E-state index contributed by atoms with van der Waals surface area (Å²) >= 11 is 0. The first kappa shape index (κ1) is 22.7. The van der Waals surface area contributed by atoms with E-state index in [0.717, 1.165) is 4.90 Å². The number of para-hydroxylation sites is 2. The van der Waals surface area contributed by atoms with Crippen LogP contribution in [0.15, 0.2) is 78.5 Å². The van der Waals surface area contributed by atoms with Gasteiger partial charge in [0.25, 0.3) is 11.8 Å². The molecule has 0 aromatic heterocycles. The van der Waals surface area contributed by atoms with Crippen LogP contribution in [0.1, 0.15) is 19.4 Å². The molecule has 3 amide bonds. The number of hydrogen-bond donors (Lipinski definition) is 2. The smallest absolute Gasteiger partial charge is 0.282 e. The number of ether oxygens (including phenoxy) is 1. The zero-order chi connectivity index (χ0) is 24.2. The maximum absolute atomic E-state index is 13.6. The number of halogens is 1. The molecule has 0 atom stereocenters. The summed E-state index contributed by atoms with van der Waals surface area (Å²) in [5.74, 6) is -1.29. The van der Waals surface area contributed by atoms with E-state index in [2.05, 4.69) is 10.6 Å². The maximum Gasteiger partial charge on any atom is 0.282 e. The third-order valence-corrected chi connectivity index (χ3v) is 5.11. The van der Waals surface area contributed by atoms with Crippen LogP contribution in [0, 0.1) is 5.82 Å². The second kappa shape index (κ2) is 9.58. The second-order valence-electron chi connectivity index (χ2n) is 7.48. The van der Waals surface area contributed by atoms with Crippen molar-refractivity contribution >= 4 is 40.4 Å². The Bertz CT molecular complexity index is 1280. The summed E-state index contributed by atoms with van der Waals surface area (Å²) in [6.07, 6.45) is 0. The summed E-state index contributed by atoms with van der Waals surface area (Å²) in [6.45, 7) is 3.65. The van der Waals surface area contributed by atoms with Crippen molar-refractivity contribution in [1.29, 1.82) is 0 Å². The molecular formula is C26H22FN3O4. The van der Waals surface area contributed by atoms with Gasteiger partial charge >= 0.3 is 0 Å². The number of rotatable bonds is 7. The lowest BCUT2D eigenvalue weighted by Gasteiger charge is -2.16. The Labute approximate surface area is 195 Å². The predicted octanol–water partition coefficient (Wildman–Crippen LogP) is 4.58. The number of nitrogens with zero attached hydrogens (tertiary/aromatic N) is 1. The van der Waals surface area contributed by atoms with E-state index in [1.54, 1.807) is 48.5 Å². The lowest BCUT2D eigenvalue weighted by atomic mass is 10.0. The van der Waals surface area contributed by atoms with Crippen LogP contribution in [0.5, 0.6) is 5.75 Å². The van der Waals surface area contributed by atoms with Crippen LogP contribution in [0.4, 0.5) is 21.5 Å². The molecule has 3 aromatic rings. The maximum atomic E-state index is 13.6. The number of hydrogen-bond acceptors (Lipinski definition) is 5. The Kier molecular flexibility index (Phi) is 6.40. The molecule has 8 heteroatoms. The monoisotopic (exact) mass is 459 g/mol. The number of amides is 3. The summed E-state index contributed by atoms with van der Waals surface area (Å²) in [7, 11) is 0. The highest BCUT2D eigenvalue weighted by Gasteiger charge is 2.40. The van der Waals surface area contributed by atoms with E-state index in [1.807, 2.05) is 6.92 Å². The molecule has 1 aliphatic heterocycles. The summed E-state index contributed by atoms with van der Waals surface area (Å²) in [5, 5.41) is 5.71. The minimum atomic E-state index is -0.567. The molecule has 172 valence electrons. The Morgan fingerprint density at radius 2 is 1.62 bits per heavy atom. The van der Waals surface area contributed by atoms with Crippen molar-refractivity contribution in [2.45, 2.75) is 13.8 Å². The highest BCUT2D eigenvalue weighted by molar-refractivity contribution is 6.46. The Morgan fingerprint density at radius 1 is 0.941 bits per heavy atom. The fourth-order valence-electron chi connectivity index (χ4n) is 3.65. The highest BCUT2D eigenvalue weighted by atomic mass is 19.1. The van der Waals surface area contributed by atoms with Crippen LogP contribution < -0.4 is 20.3 Å². The number of imide groups is 1. The SMILES string of the molecule is CCOc1ccccc1NC1=C(c2ccc(F)cc2)C(=O)N(c2ccc(NC(C)=O)cc2)C1=O. The van der Waals surface area contributed by atoms with E-state index in [0.29, 0.717) is 35.0 Å². The molecule has 3 aromatic carbocycles. The molecular weight excluding hydrogens is 437 g/mol. The van der Waals surface area contributed by atoms with Gasteiger partial charge in [-0.15, -0.1) is 0 Å². The quantitative estimate of drug-likeness (QED) is 0.505. The normalized spacial score (nSPS) is 13.3. The molecule has 4 rings (SSSR count). The van der Waals surface area contributed by atoms with Crippen molar-refractivity contribution in [1.82, 2.24) is 0 Å². The number of carbonyl (C=O) groups is 3. The summed E-state index contributed by atoms with van der Waals surface area (Å²) in [5.41, 5.74) is 1.94. The van der Waals surface area contributed by atoms with Gasteiger partial charge in [-0.1, -0.05) is 24.3 Å². The number of carbonyl (C=O) groups excluding carboxylic acids is 3. The first-order valence-electron chi connectivity index (χ1n) is 10.6. The molecule has 0 fully saturated rings. The fraction of sp³-hybridized carbons (Fsp3) is 0.115. The van der Waals surface area contributed by atoms with Crippen LogP contribution in [0.2, 0.25) is 0 Å². The lowest BCUT2D eigenvalue weighted by Crippen LogP contribution is -2.32. The number of nitrogens with one attached hydrogen (secondary N) is 2. The van der Waals surface area contributed by atoms with E-state index >= 15 is 0 Å². The van der Waals surface area contributed by atoms with Gasteiger partial charge in [0, 0.05) is 12.6 Å². The third-order valence-electron chi connectivity index (χ3n) is 5.11. The van der Waals surface area contributed by atoms with Crippen molar-refractivity contribution in [3.8, 4) is 5.75 Å². The van der Waals surface area contributed by atoms with Gasteiger partial charge in [-0.25, -0.2) is 9.29 Å². The molecule has 0 spiro atoms. The summed E-state index contributed by atoms with van der Waals surface area (Å²) in [4.78, 5) is 39.3. The molecule has 0 saturated heterocycles. The zero-order valence-electron chi connectivity index (χ0n) is 18.6. The lowest BCUT2D eigenvalue weighted by molar-refractivity contribution is -0.120. The van der Waals surface area contributed by atoms with Crippen molar-refractivity contribution in [3.63, 3.8) is 0 Å². The van der Waals surface area contributed by atoms with Gasteiger partial charge in [-0.05, 0) is 61.0 Å². The van der Waals surface area contributed by atoms with Crippen molar-refractivity contribution in [3.05, 3.63) is 89.9 Å². The van der Waals surface area contributed by atoms with Crippen LogP contribution in [-0.4, -0.2) is 24.3 Å². The van der Waals surface area contributed by atoms with E-state index in [-0.39, 0.29) is 17.2 Å². The van der Waals surface area contributed by atoms with Gasteiger partial charge in [-0.2, -0.15) is 0 Å². The minimum Gasteiger partial charge on any atom is -0.492 e. The molecule has 1 heterocycles. The molecule has 0 radical (unpaired) electrons. The van der Waals surface area contributed by atoms with Gasteiger partial charge in [0.1, 0.15) is 17.3 Å². The largest absolute Gasteiger partial charge is 0.492 e. The van der Waals surface area contributed by atoms with E-state index in [9.17, 15) is 18.8 Å². The molecule has 0 saturated carbocycles. The standard InChI is InChI=1S/C26H22FN3O4/c1-3-34-22-7-5-4-6-21(22)29-24-23(17-8-10-18(27)11-9-17)25(32)30(26(24)33)20-14-12-19(13-15-20)28-16(2)31/h4-15,29H,3H2,1-2H3,(H,28,31). The molecule has 7 nitrogen and oxygen atoms in total. The molecule has 2 N–H and O–H groups in total. The highest BCUT2D eigenvalue weighted by Crippen LogP contribution is 2.36. The van der Waals surface area contributed by atoms with E-state index in [1.165, 1.54) is 31.2 Å². The van der Waals surface area contributed by atoms with Gasteiger partial charge in [-0.3, -0.25) is 14.4 Å². The van der Waals surface area contributed by atoms with Gasteiger partial charge in [0.05, 0.1) is 23.6 Å². The van der Waals surface area contributed by atoms with Crippen LogP contribution in [0.3, 0.4) is 0 Å². The van der Waals surface area contributed by atoms with Crippen LogP contribution in [-0.2, 0) is 14.4 Å². The predicted molar refractivity (Wildman–Crippen MR) is 128 cm³/mol. The van der Waals surface area contributed by atoms with Gasteiger partial charge in [0.2, 0.25) is 5.91 Å². The fourth-order valence-corrected chi connectivity index (χ4v) is 3.65. The Morgan fingerprint density at radius 3 is 2.26 bits per heavy atom. The first-order valence-corrected chi connectivity index (χ1v) is 10.6. The van der Waals surface area contributed by atoms with Crippen LogP contribution >= 0.6 is 0 Å². The summed E-state index contributed by atoms with van der Waals surface area (Å²) < 4.78 is 19.2. The average Bonchev–Trinajstić information content (AvgIpc) is 3.05. The molecule has 0 unspecified atom stereocenters. The van der Waals surface area contributed by atoms with E-state index < -0.39 is 17.6 Å². The summed E-state index contributed by atoms with van der Waals surface area (Å²) in [6, 6.07) is 18.8. The number of anilines is 3. The average molecular weight is 459 g/mol. The molecule has 34 heavy (non-hydrogen) atoms. The Balaban J connectivity index is 1.76. The minimum absolute atomic E-state index is 0.0506. The Hall–Kier alpha value is -4.46. The molecule has 0 bridgehead atoms. The van der Waals surface area contributed by atoms with Crippen molar-refractivity contribution in [2.24, 2.45) is 0 Å². The second-order valence-corrected chi connectivity index (χ2v) is 7.48. The zero-order valence-corrected chi connectivity index (χ0v) is 18.6. The number of benzene rings is 3. The first-order chi connectivity index (χ1) is 16.4. The van der Waals surface area contributed by atoms with Gasteiger partial charge in [0.15, 0.2) is 0 Å². The molecule has 0 aliphatic carbocycles. The van der Waals surface area contributed by atoms with Crippen molar-refractivity contribution < 1.29 is 23.5 Å². The van der Waals surface area contributed by atoms with Crippen LogP contribution in [0.25, 0.3) is 5.57 Å². The van der Waals surface area contributed by atoms with Crippen molar-refractivity contribution in [2.75, 3.05) is 22.1 Å². The van der Waals surface area contributed by atoms with E-state index in [4.69, 9.17) is 4.74 Å². The van der Waals surface area contributed by atoms with Gasteiger partial charge < -0.3 is 15.4 Å². The topological polar surface area (TPSA) is 87.7 Å². The molecule has 1 aliphatic rings.